The number of carboxylic acids is 1. The lowest BCUT2D eigenvalue weighted by Gasteiger charge is -2.08. The Bertz CT molecular complexity index is 1030. The van der Waals surface area contributed by atoms with Gasteiger partial charge in [-0.05, 0) is 42.0 Å². The molecule has 0 radical (unpaired) electrons. The molecule has 0 saturated carbocycles. The molecule has 0 fully saturated rings. The maximum absolute atomic E-state index is 12.2. The van der Waals surface area contributed by atoms with Gasteiger partial charge in [0, 0.05) is 17.5 Å². The van der Waals surface area contributed by atoms with Crippen molar-refractivity contribution in [3.05, 3.63) is 70.7 Å². The van der Waals surface area contributed by atoms with E-state index in [1.165, 1.54) is 47.7 Å². The Morgan fingerprint density at radius 1 is 1.07 bits per heavy atom. The van der Waals surface area contributed by atoms with Gasteiger partial charge in [0.25, 0.3) is 0 Å². The second-order valence-corrected chi connectivity index (χ2v) is 7.03. The number of halogens is 3. The zero-order chi connectivity index (χ0) is 21.7. The number of nitrogens with zero attached hydrogens (tertiary/aromatic N) is 1. The van der Waals surface area contributed by atoms with Crippen LogP contribution in [0.4, 0.5) is 13.2 Å². The van der Waals surface area contributed by atoms with E-state index in [2.05, 4.69) is 15.0 Å². The number of benzene rings is 2. The van der Waals surface area contributed by atoms with E-state index < -0.39 is 12.3 Å². The van der Waals surface area contributed by atoms with Gasteiger partial charge in [-0.2, -0.15) is 0 Å². The fourth-order valence-corrected chi connectivity index (χ4v) is 3.34. The van der Waals surface area contributed by atoms with Crippen molar-refractivity contribution in [2.24, 2.45) is 0 Å². The van der Waals surface area contributed by atoms with Crippen molar-refractivity contribution in [1.29, 1.82) is 0 Å². The SMILES string of the molecule is O=C(Cc1csc(-c2ccc(OC(F)(F)F)cc2)n1)NCc1ccc(C(=O)O)cc1. The van der Waals surface area contributed by atoms with Gasteiger partial charge in [0.1, 0.15) is 10.8 Å². The van der Waals surface area contributed by atoms with Crippen molar-refractivity contribution in [3.8, 4) is 16.3 Å². The lowest BCUT2D eigenvalue weighted by Crippen LogP contribution is -2.24. The van der Waals surface area contributed by atoms with Crippen molar-refractivity contribution in [3.63, 3.8) is 0 Å². The maximum atomic E-state index is 12.2. The lowest BCUT2D eigenvalue weighted by molar-refractivity contribution is -0.274. The Labute approximate surface area is 173 Å². The lowest BCUT2D eigenvalue weighted by atomic mass is 10.1. The van der Waals surface area contributed by atoms with Crippen LogP contribution in [0.2, 0.25) is 0 Å². The highest BCUT2D eigenvalue weighted by molar-refractivity contribution is 7.13. The molecule has 1 heterocycles. The molecule has 0 bridgehead atoms. The number of carbonyl (C=O) groups excluding carboxylic acids is 1. The summed E-state index contributed by atoms with van der Waals surface area (Å²) in [5.74, 6) is -1.60. The first-order valence-electron chi connectivity index (χ1n) is 8.59. The van der Waals surface area contributed by atoms with E-state index in [0.717, 1.165) is 5.56 Å². The zero-order valence-electron chi connectivity index (χ0n) is 15.3. The van der Waals surface area contributed by atoms with Gasteiger partial charge in [0.05, 0.1) is 17.7 Å². The second-order valence-electron chi connectivity index (χ2n) is 6.17. The summed E-state index contributed by atoms with van der Waals surface area (Å²) in [6.45, 7) is 0.246. The fourth-order valence-electron chi connectivity index (χ4n) is 2.51. The topological polar surface area (TPSA) is 88.5 Å². The van der Waals surface area contributed by atoms with Crippen molar-refractivity contribution < 1.29 is 32.6 Å². The minimum absolute atomic E-state index is 0.0407. The fraction of sp³-hybridized carbons (Fsp3) is 0.150. The third kappa shape index (κ3) is 6.05. The van der Waals surface area contributed by atoms with Gasteiger partial charge < -0.3 is 15.2 Å². The molecule has 10 heteroatoms. The van der Waals surface area contributed by atoms with Crippen LogP contribution in [0, 0.1) is 0 Å². The number of carbonyl (C=O) groups is 2. The number of ether oxygens (including phenoxy) is 1. The van der Waals surface area contributed by atoms with Crippen LogP contribution in [-0.4, -0.2) is 28.3 Å². The molecular weight excluding hydrogens is 421 g/mol. The van der Waals surface area contributed by atoms with E-state index in [0.29, 0.717) is 16.3 Å². The molecule has 2 N–H and O–H groups in total. The van der Waals surface area contributed by atoms with Gasteiger partial charge in [-0.1, -0.05) is 12.1 Å². The van der Waals surface area contributed by atoms with Gasteiger partial charge >= 0.3 is 12.3 Å². The number of amides is 1. The first-order chi connectivity index (χ1) is 14.2. The number of aromatic nitrogens is 1. The van der Waals surface area contributed by atoms with Gasteiger partial charge in [-0.25, -0.2) is 9.78 Å². The molecule has 1 aromatic heterocycles. The number of rotatable bonds is 7. The average Bonchev–Trinajstić information content (AvgIpc) is 3.14. The number of aromatic carboxylic acids is 1. The summed E-state index contributed by atoms with van der Waals surface area (Å²) < 4.78 is 40.5. The van der Waals surface area contributed by atoms with Crippen LogP contribution in [0.25, 0.3) is 10.6 Å². The van der Waals surface area contributed by atoms with Crippen molar-refractivity contribution >= 4 is 23.2 Å². The Kier molecular flexibility index (Phi) is 6.36. The standard InChI is InChI=1S/C20H15F3N2O4S/c21-20(22,23)29-16-7-5-13(6-8-16)18-25-15(11-30-18)9-17(26)24-10-12-1-3-14(4-2-12)19(27)28/h1-8,11H,9-10H2,(H,24,26)(H,27,28). The summed E-state index contributed by atoms with van der Waals surface area (Å²) in [6, 6.07) is 11.5. The van der Waals surface area contributed by atoms with Gasteiger partial charge in [-0.3, -0.25) is 4.79 Å². The highest BCUT2D eigenvalue weighted by Gasteiger charge is 2.31. The highest BCUT2D eigenvalue weighted by Crippen LogP contribution is 2.28. The van der Waals surface area contributed by atoms with Crippen LogP contribution in [0.5, 0.6) is 5.75 Å². The van der Waals surface area contributed by atoms with Crippen LogP contribution in [-0.2, 0) is 17.8 Å². The van der Waals surface area contributed by atoms with Crippen LogP contribution in [0.15, 0.2) is 53.9 Å². The Balaban J connectivity index is 1.54. The van der Waals surface area contributed by atoms with Crippen LogP contribution < -0.4 is 10.1 Å². The Morgan fingerprint density at radius 3 is 2.33 bits per heavy atom. The normalized spacial score (nSPS) is 11.2. The van der Waals surface area contributed by atoms with Crippen molar-refractivity contribution in [2.75, 3.05) is 0 Å². The average molecular weight is 436 g/mol. The van der Waals surface area contributed by atoms with Gasteiger partial charge in [-0.15, -0.1) is 24.5 Å². The molecule has 0 saturated heterocycles. The molecule has 6 nitrogen and oxygen atoms in total. The Hall–Kier alpha value is -3.40. The molecule has 3 rings (SSSR count). The third-order valence-electron chi connectivity index (χ3n) is 3.92. The van der Waals surface area contributed by atoms with E-state index >= 15 is 0 Å². The maximum Gasteiger partial charge on any atom is 0.573 e. The molecule has 1 amide bonds. The van der Waals surface area contributed by atoms with Crippen LogP contribution in [0.1, 0.15) is 21.6 Å². The molecular formula is C20H15F3N2O4S. The monoisotopic (exact) mass is 436 g/mol. The summed E-state index contributed by atoms with van der Waals surface area (Å²) in [6.07, 6.45) is -4.71. The van der Waals surface area contributed by atoms with Gasteiger partial charge in [0.15, 0.2) is 0 Å². The van der Waals surface area contributed by atoms with Crippen LogP contribution >= 0.6 is 11.3 Å². The minimum atomic E-state index is -4.75. The molecule has 0 spiro atoms. The second kappa shape index (κ2) is 8.95. The van der Waals surface area contributed by atoms with Crippen LogP contribution in [0.3, 0.4) is 0 Å². The summed E-state index contributed by atoms with van der Waals surface area (Å²) in [5, 5.41) is 13.9. The smallest absolute Gasteiger partial charge is 0.478 e. The molecule has 2 aromatic carbocycles. The Morgan fingerprint density at radius 2 is 1.73 bits per heavy atom. The third-order valence-corrected chi connectivity index (χ3v) is 4.86. The van der Waals surface area contributed by atoms with Crippen molar-refractivity contribution in [2.45, 2.75) is 19.3 Å². The van der Waals surface area contributed by atoms with E-state index in [-0.39, 0.29) is 30.2 Å². The number of nitrogens with one attached hydrogen (secondary N) is 1. The first kappa shape index (κ1) is 21.3. The number of carboxylic acid groups (broad SMARTS) is 1. The molecule has 30 heavy (non-hydrogen) atoms. The summed E-state index contributed by atoms with van der Waals surface area (Å²) in [5.41, 5.74) is 2.07. The van der Waals surface area contributed by atoms with E-state index in [1.54, 1.807) is 17.5 Å². The van der Waals surface area contributed by atoms with E-state index in [1.807, 2.05) is 0 Å². The molecule has 3 aromatic rings. The molecule has 0 aliphatic rings. The molecule has 0 unspecified atom stereocenters. The minimum Gasteiger partial charge on any atom is -0.478 e. The van der Waals surface area contributed by atoms with Crippen molar-refractivity contribution in [1.82, 2.24) is 10.3 Å². The molecule has 0 atom stereocenters. The number of thiazole rings is 1. The summed E-state index contributed by atoms with van der Waals surface area (Å²) in [4.78, 5) is 27.3. The highest BCUT2D eigenvalue weighted by atomic mass is 32.1. The largest absolute Gasteiger partial charge is 0.573 e. The number of hydrogen-bond donors (Lipinski definition) is 2. The molecule has 0 aliphatic heterocycles. The van der Waals surface area contributed by atoms with Gasteiger partial charge in [0.2, 0.25) is 5.91 Å². The summed E-state index contributed by atoms with van der Waals surface area (Å²) >= 11 is 1.27. The summed E-state index contributed by atoms with van der Waals surface area (Å²) in [7, 11) is 0. The number of alkyl halides is 3. The zero-order valence-corrected chi connectivity index (χ0v) is 16.1. The number of hydrogen-bond acceptors (Lipinski definition) is 5. The predicted octanol–water partition coefficient (Wildman–Crippen LogP) is 4.27. The van der Waals surface area contributed by atoms with E-state index in [9.17, 15) is 22.8 Å². The quantitative estimate of drug-likeness (QED) is 0.578. The molecule has 0 aliphatic carbocycles. The molecule has 156 valence electrons. The predicted molar refractivity (Wildman–Crippen MR) is 103 cm³/mol. The van der Waals surface area contributed by atoms with E-state index in [4.69, 9.17) is 5.11 Å². The first-order valence-corrected chi connectivity index (χ1v) is 9.47.